The molecule has 0 aliphatic rings. The summed E-state index contributed by atoms with van der Waals surface area (Å²) in [6.45, 7) is 0.0616. The minimum Gasteiger partial charge on any atom is -0.350 e. The minimum atomic E-state index is -0.868. The second-order valence-electron chi connectivity index (χ2n) is 6.17. The van der Waals surface area contributed by atoms with Crippen molar-refractivity contribution in [2.75, 3.05) is 0 Å². The van der Waals surface area contributed by atoms with E-state index in [4.69, 9.17) is 5.73 Å². The number of nitrogens with zero attached hydrogens (tertiary/aromatic N) is 2. The molecule has 1 unspecified atom stereocenters. The molecule has 2 amide bonds. The Bertz CT molecular complexity index is 814. The third-order valence-corrected chi connectivity index (χ3v) is 4.31. The van der Waals surface area contributed by atoms with Gasteiger partial charge in [0.25, 0.3) is 0 Å². The maximum Gasteiger partial charge on any atom is 0.338 e. The molecule has 0 spiro atoms. The molecule has 0 bridgehead atoms. The normalized spacial score (nSPS) is 11.7. The predicted molar refractivity (Wildman–Crippen MR) is 99.6 cm³/mol. The maximum absolute atomic E-state index is 11.0. The molecule has 0 fully saturated rings. The van der Waals surface area contributed by atoms with Crippen LogP contribution in [0.15, 0.2) is 79.1 Å². The Balaban J connectivity index is 1.87. The Morgan fingerprint density at radius 2 is 1.73 bits per heavy atom. The molecule has 3 rings (SSSR count). The van der Waals surface area contributed by atoms with Crippen LogP contribution in [0.2, 0.25) is 0 Å². The first-order valence-corrected chi connectivity index (χ1v) is 8.42. The molecule has 1 atom stereocenters. The van der Waals surface area contributed by atoms with Crippen LogP contribution in [0.4, 0.5) is 4.79 Å². The summed E-state index contributed by atoms with van der Waals surface area (Å²) in [5.41, 5.74) is 9.37. The molecule has 0 saturated carbocycles. The minimum absolute atomic E-state index is 0.0616. The van der Waals surface area contributed by atoms with Gasteiger partial charge in [0.2, 0.25) is 0 Å². The van der Waals surface area contributed by atoms with Crippen LogP contribution in [0.25, 0.3) is 0 Å². The molecular weight excluding hydrogens is 326 g/mol. The zero-order chi connectivity index (χ0) is 18.4. The summed E-state index contributed by atoms with van der Waals surface area (Å²) < 4.78 is 0. The highest BCUT2D eigenvalue weighted by molar-refractivity contribution is 5.70. The van der Waals surface area contributed by atoms with E-state index in [1.54, 1.807) is 6.20 Å². The van der Waals surface area contributed by atoms with Gasteiger partial charge in [-0.15, -0.1) is 0 Å². The van der Waals surface area contributed by atoms with E-state index in [9.17, 15) is 10.0 Å². The zero-order valence-corrected chi connectivity index (χ0v) is 14.3. The second-order valence-corrected chi connectivity index (χ2v) is 6.17. The van der Waals surface area contributed by atoms with Crippen molar-refractivity contribution in [3.63, 3.8) is 0 Å². The number of carbonyl (C=O) groups excluding carboxylic acids is 1. The van der Waals surface area contributed by atoms with E-state index in [2.05, 4.69) is 23.2 Å². The summed E-state index contributed by atoms with van der Waals surface area (Å²) in [5, 5.41) is 10.1. The monoisotopic (exact) mass is 347 g/mol. The van der Waals surface area contributed by atoms with Gasteiger partial charge in [0.1, 0.15) is 0 Å². The Kier molecular flexibility index (Phi) is 5.61. The van der Waals surface area contributed by atoms with E-state index < -0.39 is 6.03 Å². The van der Waals surface area contributed by atoms with Crippen LogP contribution in [-0.4, -0.2) is 21.3 Å². The van der Waals surface area contributed by atoms with Crippen LogP contribution in [-0.2, 0) is 13.0 Å². The Labute approximate surface area is 152 Å². The van der Waals surface area contributed by atoms with Crippen LogP contribution >= 0.6 is 0 Å². The van der Waals surface area contributed by atoms with E-state index in [1.165, 1.54) is 5.56 Å². The summed E-state index contributed by atoms with van der Waals surface area (Å²) in [4.78, 5) is 15.3. The molecule has 132 valence electrons. The van der Waals surface area contributed by atoms with Gasteiger partial charge < -0.3 is 5.73 Å². The lowest BCUT2D eigenvalue weighted by Gasteiger charge is -2.19. The van der Waals surface area contributed by atoms with E-state index >= 15 is 0 Å². The topological polar surface area (TPSA) is 79.5 Å². The van der Waals surface area contributed by atoms with E-state index in [0.717, 1.165) is 23.1 Å². The maximum atomic E-state index is 11.0. The number of benzene rings is 2. The Morgan fingerprint density at radius 1 is 1.00 bits per heavy atom. The van der Waals surface area contributed by atoms with Crippen molar-refractivity contribution >= 4 is 6.03 Å². The van der Waals surface area contributed by atoms with Crippen LogP contribution < -0.4 is 5.73 Å². The van der Waals surface area contributed by atoms with E-state index in [1.807, 2.05) is 54.7 Å². The van der Waals surface area contributed by atoms with Crippen LogP contribution in [0.3, 0.4) is 0 Å². The summed E-state index contributed by atoms with van der Waals surface area (Å²) in [6, 6.07) is 21.3. The number of primary amides is 1. The molecular formula is C21H21N3O2. The second kappa shape index (κ2) is 8.27. The van der Waals surface area contributed by atoms with Gasteiger partial charge in [-0.25, -0.2) is 9.86 Å². The summed E-state index contributed by atoms with van der Waals surface area (Å²) in [7, 11) is 0. The molecule has 0 aliphatic carbocycles. The molecule has 26 heavy (non-hydrogen) atoms. The smallest absolute Gasteiger partial charge is 0.338 e. The third-order valence-electron chi connectivity index (χ3n) is 4.31. The molecule has 0 radical (unpaired) electrons. The van der Waals surface area contributed by atoms with Crippen LogP contribution in [0, 0.1) is 0 Å². The first-order chi connectivity index (χ1) is 12.6. The van der Waals surface area contributed by atoms with Gasteiger partial charge in [-0.3, -0.25) is 10.2 Å². The number of hydrogen-bond donors (Lipinski definition) is 2. The van der Waals surface area contributed by atoms with Gasteiger partial charge in [-0.1, -0.05) is 60.7 Å². The largest absolute Gasteiger partial charge is 0.350 e. The molecule has 3 N–H and O–H groups in total. The molecule has 5 nitrogen and oxygen atoms in total. The average Bonchev–Trinajstić information content (AvgIpc) is 2.68. The molecule has 1 aromatic heterocycles. The number of pyridine rings is 1. The van der Waals surface area contributed by atoms with Gasteiger partial charge in [0.05, 0.1) is 6.54 Å². The summed E-state index contributed by atoms with van der Waals surface area (Å²) in [5.74, 6) is 0.168. The molecule has 2 aromatic carbocycles. The number of amides is 2. The van der Waals surface area contributed by atoms with Crippen molar-refractivity contribution < 1.29 is 10.0 Å². The first-order valence-electron chi connectivity index (χ1n) is 8.42. The molecule has 5 heteroatoms. The standard InChI is InChI=1S/C21H21N3O2/c22-21(25)24(26)15-17-7-4-6-16(12-17)13-20(18-8-2-1-3-9-18)19-10-5-11-23-14-19/h1-12,14,20,26H,13,15H2,(H2,22,25). The summed E-state index contributed by atoms with van der Waals surface area (Å²) >= 11 is 0. The lowest BCUT2D eigenvalue weighted by Crippen LogP contribution is -2.32. The highest BCUT2D eigenvalue weighted by atomic mass is 16.5. The number of rotatable bonds is 6. The number of nitrogens with two attached hydrogens (primary N) is 1. The van der Waals surface area contributed by atoms with Crippen LogP contribution in [0.5, 0.6) is 0 Å². The number of hydrogen-bond acceptors (Lipinski definition) is 3. The highest BCUT2D eigenvalue weighted by Crippen LogP contribution is 2.28. The molecule has 0 saturated heterocycles. The number of aromatic nitrogens is 1. The lowest BCUT2D eigenvalue weighted by atomic mass is 9.86. The fourth-order valence-electron chi connectivity index (χ4n) is 3.04. The Hall–Kier alpha value is -3.18. The number of carbonyl (C=O) groups is 1. The van der Waals surface area contributed by atoms with Crippen molar-refractivity contribution in [2.24, 2.45) is 5.73 Å². The molecule has 1 heterocycles. The van der Waals surface area contributed by atoms with Crippen LogP contribution in [0.1, 0.15) is 28.2 Å². The number of hydroxylamine groups is 2. The van der Waals surface area contributed by atoms with Gasteiger partial charge >= 0.3 is 6.03 Å². The van der Waals surface area contributed by atoms with Crippen molar-refractivity contribution in [1.82, 2.24) is 10.0 Å². The number of urea groups is 1. The Morgan fingerprint density at radius 3 is 2.42 bits per heavy atom. The first kappa shape index (κ1) is 17.6. The van der Waals surface area contributed by atoms with Crippen molar-refractivity contribution in [3.8, 4) is 0 Å². The predicted octanol–water partition coefficient (Wildman–Crippen LogP) is 3.73. The van der Waals surface area contributed by atoms with Crippen molar-refractivity contribution in [1.29, 1.82) is 0 Å². The highest BCUT2D eigenvalue weighted by Gasteiger charge is 2.15. The SMILES string of the molecule is NC(=O)N(O)Cc1cccc(CC(c2ccccc2)c2cccnc2)c1. The molecule has 0 aliphatic heterocycles. The average molecular weight is 347 g/mol. The molecule has 3 aromatic rings. The fourth-order valence-corrected chi connectivity index (χ4v) is 3.04. The zero-order valence-electron chi connectivity index (χ0n) is 14.3. The third kappa shape index (κ3) is 4.46. The van der Waals surface area contributed by atoms with E-state index in [-0.39, 0.29) is 12.5 Å². The van der Waals surface area contributed by atoms with E-state index in [0.29, 0.717) is 5.06 Å². The van der Waals surface area contributed by atoms with Gasteiger partial charge in [0, 0.05) is 18.3 Å². The summed E-state index contributed by atoms with van der Waals surface area (Å²) in [6.07, 6.45) is 4.45. The quantitative estimate of drug-likeness (QED) is 0.527. The fraction of sp³-hybridized carbons (Fsp3) is 0.143. The van der Waals surface area contributed by atoms with Gasteiger partial charge in [-0.2, -0.15) is 0 Å². The van der Waals surface area contributed by atoms with Gasteiger partial charge in [-0.05, 0) is 34.7 Å². The van der Waals surface area contributed by atoms with Crippen molar-refractivity contribution in [3.05, 3.63) is 101 Å². The van der Waals surface area contributed by atoms with Crippen molar-refractivity contribution in [2.45, 2.75) is 18.9 Å². The van der Waals surface area contributed by atoms with Gasteiger partial charge in [0.15, 0.2) is 0 Å². The lowest BCUT2D eigenvalue weighted by molar-refractivity contribution is -0.0470.